The predicted molar refractivity (Wildman–Crippen MR) is 72.5 cm³/mol. The van der Waals surface area contributed by atoms with Gasteiger partial charge in [-0.15, -0.1) is 0 Å². The second-order valence-electron chi connectivity index (χ2n) is 4.40. The molecule has 0 saturated carbocycles. The van der Waals surface area contributed by atoms with Crippen LogP contribution in [0.15, 0.2) is 36.4 Å². The zero-order valence-corrected chi connectivity index (χ0v) is 11.0. The molecule has 1 N–H and O–H groups in total. The summed E-state index contributed by atoms with van der Waals surface area (Å²) in [7, 11) is 1.97. The van der Waals surface area contributed by atoms with Crippen LogP contribution in [-0.4, -0.2) is 10.5 Å². The lowest BCUT2D eigenvalue weighted by molar-refractivity contribution is 0.0950. The van der Waals surface area contributed by atoms with Gasteiger partial charge in [-0.2, -0.15) is 5.26 Å². The first-order chi connectivity index (χ1) is 9.11. The first kappa shape index (κ1) is 12.9. The van der Waals surface area contributed by atoms with E-state index in [4.69, 9.17) is 5.26 Å². The van der Waals surface area contributed by atoms with Crippen molar-refractivity contribution in [3.8, 4) is 6.07 Å². The number of hydrogen-bond acceptors (Lipinski definition) is 2. The van der Waals surface area contributed by atoms with Gasteiger partial charge >= 0.3 is 0 Å². The standard InChI is InChI=1S/C15H15N3O/c1-11-3-8-14(18(11)2)10-17-15(19)13-6-4-12(9-16)5-7-13/h3-8H,10H2,1-2H3,(H,17,19). The van der Waals surface area contributed by atoms with Crippen molar-refractivity contribution in [2.75, 3.05) is 0 Å². The van der Waals surface area contributed by atoms with Gasteiger partial charge in [-0.25, -0.2) is 0 Å². The highest BCUT2D eigenvalue weighted by atomic mass is 16.1. The van der Waals surface area contributed by atoms with Gasteiger partial charge < -0.3 is 9.88 Å². The van der Waals surface area contributed by atoms with E-state index in [-0.39, 0.29) is 5.91 Å². The third-order valence-corrected chi connectivity index (χ3v) is 3.18. The molecule has 0 fully saturated rings. The SMILES string of the molecule is Cc1ccc(CNC(=O)c2ccc(C#N)cc2)n1C. The Hall–Kier alpha value is -2.54. The molecule has 0 bridgehead atoms. The van der Waals surface area contributed by atoms with Crippen molar-refractivity contribution < 1.29 is 4.79 Å². The maximum atomic E-state index is 11.9. The number of carbonyl (C=O) groups excluding carboxylic acids is 1. The molecule has 0 saturated heterocycles. The molecule has 1 aromatic carbocycles. The molecule has 0 atom stereocenters. The first-order valence-corrected chi connectivity index (χ1v) is 6.01. The molecule has 0 unspecified atom stereocenters. The van der Waals surface area contributed by atoms with E-state index in [0.29, 0.717) is 17.7 Å². The average Bonchev–Trinajstić information content (AvgIpc) is 2.76. The van der Waals surface area contributed by atoms with Gasteiger partial charge in [-0.3, -0.25) is 4.79 Å². The Morgan fingerprint density at radius 1 is 1.26 bits per heavy atom. The highest BCUT2D eigenvalue weighted by Gasteiger charge is 2.07. The van der Waals surface area contributed by atoms with E-state index < -0.39 is 0 Å². The number of nitriles is 1. The van der Waals surface area contributed by atoms with E-state index in [2.05, 4.69) is 5.32 Å². The molecule has 1 amide bonds. The zero-order chi connectivity index (χ0) is 13.8. The van der Waals surface area contributed by atoms with Gasteiger partial charge in [0, 0.05) is 24.0 Å². The predicted octanol–water partition coefficient (Wildman–Crippen LogP) is 2.14. The topological polar surface area (TPSA) is 57.8 Å². The molecular formula is C15H15N3O. The number of rotatable bonds is 3. The lowest BCUT2D eigenvalue weighted by Gasteiger charge is -2.07. The van der Waals surface area contributed by atoms with Gasteiger partial charge in [0.05, 0.1) is 18.2 Å². The molecule has 0 radical (unpaired) electrons. The van der Waals surface area contributed by atoms with Crippen molar-refractivity contribution in [3.63, 3.8) is 0 Å². The smallest absolute Gasteiger partial charge is 0.251 e. The molecular weight excluding hydrogens is 238 g/mol. The minimum Gasteiger partial charge on any atom is -0.350 e. The summed E-state index contributed by atoms with van der Waals surface area (Å²) in [5.74, 6) is -0.136. The zero-order valence-electron chi connectivity index (χ0n) is 11.0. The number of nitrogens with one attached hydrogen (secondary N) is 1. The van der Waals surface area contributed by atoms with Crippen LogP contribution in [0, 0.1) is 18.3 Å². The molecule has 4 nitrogen and oxygen atoms in total. The lowest BCUT2D eigenvalue weighted by atomic mass is 10.1. The quantitative estimate of drug-likeness (QED) is 0.911. The van der Waals surface area contributed by atoms with Gasteiger partial charge in [0.1, 0.15) is 0 Å². The molecule has 0 spiro atoms. The molecule has 0 aliphatic heterocycles. The number of carbonyl (C=O) groups is 1. The van der Waals surface area contributed by atoms with Crippen LogP contribution >= 0.6 is 0 Å². The first-order valence-electron chi connectivity index (χ1n) is 6.01. The Morgan fingerprint density at radius 3 is 2.47 bits per heavy atom. The fraction of sp³-hybridized carbons (Fsp3) is 0.200. The number of benzene rings is 1. The van der Waals surface area contributed by atoms with Crippen LogP contribution in [0.5, 0.6) is 0 Å². The second-order valence-corrected chi connectivity index (χ2v) is 4.40. The van der Waals surface area contributed by atoms with E-state index in [1.165, 1.54) is 0 Å². The van der Waals surface area contributed by atoms with E-state index in [0.717, 1.165) is 11.4 Å². The minimum absolute atomic E-state index is 0.136. The molecule has 4 heteroatoms. The average molecular weight is 253 g/mol. The van der Waals surface area contributed by atoms with Crippen LogP contribution in [0.25, 0.3) is 0 Å². The third-order valence-electron chi connectivity index (χ3n) is 3.18. The van der Waals surface area contributed by atoms with Crippen LogP contribution in [0.3, 0.4) is 0 Å². The van der Waals surface area contributed by atoms with Crippen molar-refractivity contribution >= 4 is 5.91 Å². The summed E-state index contributed by atoms with van der Waals surface area (Å²) in [4.78, 5) is 11.9. The molecule has 0 aliphatic rings. The summed E-state index contributed by atoms with van der Waals surface area (Å²) >= 11 is 0. The van der Waals surface area contributed by atoms with Crippen molar-refractivity contribution in [2.45, 2.75) is 13.5 Å². The number of nitrogens with zero attached hydrogens (tertiary/aromatic N) is 2. The number of amides is 1. The molecule has 19 heavy (non-hydrogen) atoms. The van der Waals surface area contributed by atoms with Crippen LogP contribution in [0.1, 0.15) is 27.3 Å². The van der Waals surface area contributed by atoms with Crippen molar-refractivity contribution in [3.05, 3.63) is 58.9 Å². The molecule has 2 rings (SSSR count). The second kappa shape index (κ2) is 5.40. The van der Waals surface area contributed by atoms with Gasteiger partial charge in [0.2, 0.25) is 0 Å². The monoisotopic (exact) mass is 253 g/mol. The maximum Gasteiger partial charge on any atom is 0.251 e. The minimum atomic E-state index is -0.136. The van der Waals surface area contributed by atoms with E-state index >= 15 is 0 Å². The maximum absolute atomic E-state index is 11.9. The Balaban J connectivity index is 2.01. The summed E-state index contributed by atoms with van der Waals surface area (Å²) in [6, 6.07) is 12.6. The van der Waals surface area contributed by atoms with Crippen molar-refractivity contribution in [1.29, 1.82) is 5.26 Å². The van der Waals surface area contributed by atoms with Crippen LogP contribution in [0.2, 0.25) is 0 Å². The normalized spacial score (nSPS) is 9.95. The van der Waals surface area contributed by atoms with Crippen LogP contribution in [0.4, 0.5) is 0 Å². The highest BCUT2D eigenvalue weighted by molar-refractivity contribution is 5.94. The van der Waals surface area contributed by atoms with Gasteiger partial charge in [0.15, 0.2) is 0 Å². The Bertz CT molecular complexity index is 632. The van der Waals surface area contributed by atoms with E-state index in [9.17, 15) is 4.79 Å². The largest absolute Gasteiger partial charge is 0.350 e. The lowest BCUT2D eigenvalue weighted by Crippen LogP contribution is -2.23. The van der Waals surface area contributed by atoms with Gasteiger partial charge in [-0.05, 0) is 43.3 Å². The van der Waals surface area contributed by atoms with Crippen molar-refractivity contribution in [1.82, 2.24) is 9.88 Å². The summed E-state index contributed by atoms with van der Waals surface area (Å²) in [5.41, 5.74) is 3.32. The van der Waals surface area contributed by atoms with Gasteiger partial charge in [-0.1, -0.05) is 0 Å². The molecule has 2 aromatic rings. The van der Waals surface area contributed by atoms with E-state index in [1.54, 1.807) is 24.3 Å². The number of aromatic nitrogens is 1. The summed E-state index contributed by atoms with van der Waals surface area (Å²) in [6.07, 6.45) is 0. The van der Waals surface area contributed by atoms with Gasteiger partial charge in [0.25, 0.3) is 5.91 Å². The number of aryl methyl sites for hydroxylation is 1. The Morgan fingerprint density at radius 2 is 1.95 bits per heavy atom. The fourth-order valence-corrected chi connectivity index (χ4v) is 1.81. The highest BCUT2D eigenvalue weighted by Crippen LogP contribution is 2.07. The van der Waals surface area contributed by atoms with Crippen LogP contribution in [-0.2, 0) is 13.6 Å². The summed E-state index contributed by atoms with van der Waals surface area (Å²) < 4.78 is 2.04. The Kier molecular flexibility index (Phi) is 3.67. The summed E-state index contributed by atoms with van der Waals surface area (Å²) in [5, 5.41) is 11.6. The van der Waals surface area contributed by atoms with E-state index in [1.807, 2.05) is 36.7 Å². The molecule has 96 valence electrons. The molecule has 0 aliphatic carbocycles. The summed E-state index contributed by atoms with van der Waals surface area (Å²) in [6.45, 7) is 2.51. The number of hydrogen-bond donors (Lipinski definition) is 1. The Labute approximate surface area is 112 Å². The molecule has 1 aromatic heterocycles. The third kappa shape index (κ3) is 2.83. The van der Waals surface area contributed by atoms with Crippen molar-refractivity contribution in [2.24, 2.45) is 7.05 Å². The molecule has 1 heterocycles. The fourth-order valence-electron chi connectivity index (χ4n) is 1.81. The van der Waals surface area contributed by atoms with Crippen LogP contribution < -0.4 is 5.32 Å².